The van der Waals surface area contributed by atoms with E-state index in [1.807, 2.05) is 0 Å². The number of halogens is 2. The van der Waals surface area contributed by atoms with Crippen molar-refractivity contribution in [1.29, 1.82) is 0 Å². The summed E-state index contributed by atoms with van der Waals surface area (Å²) in [4.78, 5) is 11.4. The van der Waals surface area contributed by atoms with Gasteiger partial charge in [0.05, 0.1) is 7.11 Å². The fourth-order valence-corrected chi connectivity index (χ4v) is 1.52. The van der Waals surface area contributed by atoms with Gasteiger partial charge in [0.25, 0.3) is 0 Å². The molecule has 4 nitrogen and oxygen atoms in total. The Balaban J connectivity index is 2.57. The van der Waals surface area contributed by atoms with E-state index in [1.54, 1.807) is 26.8 Å². The molecule has 0 spiro atoms. The minimum atomic E-state index is -0.780. The monoisotopic (exact) mass is 299 g/mol. The number of amides is 1. The van der Waals surface area contributed by atoms with Crippen LogP contribution >= 0.6 is 0 Å². The molecule has 21 heavy (non-hydrogen) atoms. The summed E-state index contributed by atoms with van der Waals surface area (Å²) in [7, 11) is 1.20. The smallest absolute Gasteiger partial charge is 0.407 e. The van der Waals surface area contributed by atoms with E-state index in [9.17, 15) is 13.6 Å². The van der Waals surface area contributed by atoms with E-state index in [4.69, 9.17) is 4.74 Å². The second kappa shape index (κ2) is 7.06. The summed E-state index contributed by atoms with van der Waals surface area (Å²) >= 11 is 0. The number of hydrogen-bond acceptors (Lipinski definition) is 3. The van der Waals surface area contributed by atoms with E-state index in [0.717, 1.165) is 12.1 Å². The summed E-state index contributed by atoms with van der Waals surface area (Å²) in [6.07, 6.45) is 2.49. The largest absolute Gasteiger partial charge is 0.491 e. The molecule has 0 atom stereocenters. The molecule has 0 saturated heterocycles. The van der Waals surface area contributed by atoms with Crippen molar-refractivity contribution in [3.8, 4) is 5.75 Å². The lowest BCUT2D eigenvalue weighted by molar-refractivity contribution is 0.0534. The van der Waals surface area contributed by atoms with Crippen LogP contribution < -0.4 is 10.1 Å². The number of carbonyl (C=O) groups excluding carboxylic acids is 1. The fourth-order valence-electron chi connectivity index (χ4n) is 1.52. The lowest BCUT2D eigenvalue weighted by atomic mass is 10.2. The molecule has 0 saturated carbocycles. The third-order valence-electron chi connectivity index (χ3n) is 2.30. The van der Waals surface area contributed by atoms with Crippen LogP contribution in [0.2, 0.25) is 0 Å². The summed E-state index contributed by atoms with van der Waals surface area (Å²) in [5.74, 6) is -1.98. The van der Waals surface area contributed by atoms with Crippen LogP contribution in [0.4, 0.5) is 13.6 Å². The zero-order valence-electron chi connectivity index (χ0n) is 12.5. The number of ether oxygens (including phenoxy) is 2. The van der Waals surface area contributed by atoms with E-state index >= 15 is 0 Å². The third-order valence-corrected chi connectivity index (χ3v) is 2.30. The van der Waals surface area contributed by atoms with E-state index in [-0.39, 0.29) is 6.54 Å². The van der Waals surface area contributed by atoms with Gasteiger partial charge < -0.3 is 14.8 Å². The SMILES string of the molecule is COc1c(F)cc(C=CCNC(=O)OC(C)(C)C)cc1F. The fraction of sp³-hybridized carbons (Fsp3) is 0.400. The van der Waals surface area contributed by atoms with Gasteiger partial charge in [0, 0.05) is 6.54 Å². The molecule has 0 heterocycles. The maximum Gasteiger partial charge on any atom is 0.407 e. The molecule has 1 aromatic rings. The van der Waals surface area contributed by atoms with Gasteiger partial charge in [-0.05, 0) is 38.5 Å². The number of methoxy groups -OCH3 is 1. The molecule has 0 bridgehead atoms. The first-order valence-electron chi connectivity index (χ1n) is 6.39. The number of hydrogen-bond donors (Lipinski definition) is 1. The van der Waals surface area contributed by atoms with Crippen LogP contribution in [0.15, 0.2) is 18.2 Å². The standard InChI is InChI=1S/C15H19F2NO3/c1-15(2,3)21-14(19)18-7-5-6-10-8-11(16)13(20-4)12(17)9-10/h5-6,8-9H,7H2,1-4H3,(H,18,19). The summed E-state index contributed by atoms with van der Waals surface area (Å²) in [5.41, 5.74) is -0.243. The van der Waals surface area contributed by atoms with Gasteiger partial charge in [-0.15, -0.1) is 0 Å². The molecule has 6 heteroatoms. The Morgan fingerprint density at radius 1 is 1.29 bits per heavy atom. The quantitative estimate of drug-likeness (QED) is 0.925. The van der Waals surface area contributed by atoms with E-state index < -0.39 is 29.1 Å². The highest BCUT2D eigenvalue weighted by molar-refractivity contribution is 5.68. The summed E-state index contributed by atoms with van der Waals surface area (Å²) in [5, 5.41) is 2.50. The molecule has 0 aliphatic carbocycles. The van der Waals surface area contributed by atoms with Crippen molar-refractivity contribution < 1.29 is 23.0 Å². The average Bonchev–Trinajstić information content (AvgIpc) is 2.32. The normalized spacial score (nSPS) is 11.5. The first kappa shape index (κ1) is 16.9. The number of benzene rings is 1. The summed E-state index contributed by atoms with van der Waals surface area (Å²) < 4.78 is 36.5. The van der Waals surface area contributed by atoms with E-state index in [1.165, 1.54) is 13.2 Å². The molecule has 1 N–H and O–H groups in total. The number of nitrogens with one attached hydrogen (secondary N) is 1. The molecule has 0 fully saturated rings. The molecular formula is C15H19F2NO3. The van der Waals surface area contributed by atoms with E-state index in [2.05, 4.69) is 10.1 Å². The molecule has 0 aromatic heterocycles. The summed E-state index contributed by atoms with van der Waals surface area (Å²) in [6, 6.07) is 2.29. The maximum absolute atomic E-state index is 13.4. The number of carbonyl (C=O) groups is 1. The zero-order chi connectivity index (χ0) is 16.0. The molecule has 0 radical (unpaired) electrons. The van der Waals surface area contributed by atoms with Crippen LogP contribution in [0.1, 0.15) is 26.3 Å². The second-order valence-corrected chi connectivity index (χ2v) is 5.30. The predicted molar refractivity (Wildman–Crippen MR) is 76.2 cm³/mol. The zero-order valence-corrected chi connectivity index (χ0v) is 12.5. The molecule has 0 aliphatic heterocycles. The van der Waals surface area contributed by atoms with Crippen LogP contribution in [0.25, 0.3) is 6.08 Å². The van der Waals surface area contributed by atoms with Crippen molar-refractivity contribution in [2.45, 2.75) is 26.4 Å². The van der Waals surface area contributed by atoms with Gasteiger partial charge in [0.15, 0.2) is 17.4 Å². The lowest BCUT2D eigenvalue weighted by Gasteiger charge is -2.19. The molecule has 1 amide bonds. The van der Waals surface area contributed by atoms with Crippen LogP contribution in [0, 0.1) is 11.6 Å². The van der Waals surface area contributed by atoms with Crippen molar-refractivity contribution >= 4 is 12.2 Å². The first-order valence-corrected chi connectivity index (χ1v) is 6.39. The highest BCUT2D eigenvalue weighted by Gasteiger charge is 2.15. The van der Waals surface area contributed by atoms with Gasteiger partial charge in [-0.1, -0.05) is 12.2 Å². The van der Waals surface area contributed by atoms with Crippen LogP contribution in [0.5, 0.6) is 5.75 Å². The van der Waals surface area contributed by atoms with Crippen LogP contribution in [-0.4, -0.2) is 25.3 Å². The van der Waals surface area contributed by atoms with Gasteiger partial charge in [0.2, 0.25) is 0 Å². The lowest BCUT2D eigenvalue weighted by Crippen LogP contribution is -2.32. The van der Waals surface area contributed by atoms with Crippen molar-refractivity contribution in [2.24, 2.45) is 0 Å². The Hall–Kier alpha value is -2.11. The van der Waals surface area contributed by atoms with Crippen molar-refractivity contribution in [3.63, 3.8) is 0 Å². The molecule has 0 unspecified atom stereocenters. The highest BCUT2D eigenvalue weighted by Crippen LogP contribution is 2.23. The number of rotatable bonds is 4. The Morgan fingerprint density at radius 3 is 2.33 bits per heavy atom. The maximum atomic E-state index is 13.4. The van der Waals surface area contributed by atoms with Crippen LogP contribution in [0.3, 0.4) is 0 Å². The van der Waals surface area contributed by atoms with Crippen LogP contribution in [-0.2, 0) is 4.74 Å². The van der Waals surface area contributed by atoms with E-state index in [0.29, 0.717) is 5.56 Å². The predicted octanol–water partition coefficient (Wildman–Crippen LogP) is 3.51. The second-order valence-electron chi connectivity index (χ2n) is 5.30. The third kappa shape index (κ3) is 5.81. The topological polar surface area (TPSA) is 47.6 Å². The molecule has 0 aliphatic rings. The Morgan fingerprint density at radius 2 is 1.86 bits per heavy atom. The Kier molecular flexibility index (Phi) is 5.69. The average molecular weight is 299 g/mol. The molecular weight excluding hydrogens is 280 g/mol. The highest BCUT2D eigenvalue weighted by atomic mass is 19.1. The van der Waals surface area contributed by atoms with Gasteiger partial charge in [-0.3, -0.25) is 0 Å². The van der Waals surface area contributed by atoms with Gasteiger partial charge >= 0.3 is 6.09 Å². The minimum absolute atomic E-state index is 0.185. The van der Waals surface area contributed by atoms with Gasteiger partial charge in [0.1, 0.15) is 5.60 Å². The van der Waals surface area contributed by atoms with Crippen molar-refractivity contribution in [2.75, 3.05) is 13.7 Å². The summed E-state index contributed by atoms with van der Waals surface area (Å²) in [6.45, 7) is 5.45. The number of alkyl carbamates (subject to hydrolysis) is 1. The van der Waals surface area contributed by atoms with Crippen molar-refractivity contribution in [1.82, 2.24) is 5.32 Å². The van der Waals surface area contributed by atoms with Gasteiger partial charge in [-0.2, -0.15) is 0 Å². The first-order chi connectivity index (χ1) is 9.73. The molecule has 1 rings (SSSR count). The Bertz CT molecular complexity index is 513. The Labute approximate surface area is 122 Å². The minimum Gasteiger partial charge on any atom is -0.491 e. The van der Waals surface area contributed by atoms with Crippen molar-refractivity contribution in [3.05, 3.63) is 35.4 Å². The van der Waals surface area contributed by atoms with Gasteiger partial charge in [-0.25, -0.2) is 13.6 Å². The molecule has 116 valence electrons. The molecule has 1 aromatic carbocycles.